The maximum absolute atomic E-state index is 12.2. The van der Waals surface area contributed by atoms with Crippen LogP contribution in [0, 0.1) is 26.2 Å². The number of benzene rings is 2. The van der Waals surface area contributed by atoms with Crippen molar-refractivity contribution >= 4 is 18.7 Å². The summed E-state index contributed by atoms with van der Waals surface area (Å²) in [5, 5.41) is 0. The molecule has 0 aliphatic rings. The SMILES string of the molecule is CCC(CC)(c1ccc(OCC(=O)C(C)(C)C)c(C)c1)c1cc(C)c(OS)c(C)c1. The zero-order chi connectivity index (χ0) is 22.7. The molecule has 4 heteroatoms. The molecule has 0 N–H and O–H groups in total. The van der Waals surface area contributed by atoms with Crippen LogP contribution in [0.5, 0.6) is 11.5 Å². The third-order valence-electron chi connectivity index (χ3n) is 6.23. The van der Waals surface area contributed by atoms with Gasteiger partial charge in [0, 0.05) is 23.7 Å². The Morgan fingerprint density at radius 1 is 0.900 bits per heavy atom. The molecule has 0 aromatic heterocycles. The highest BCUT2D eigenvalue weighted by Gasteiger charge is 2.32. The summed E-state index contributed by atoms with van der Waals surface area (Å²) in [5.74, 6) is 1.69. The Morgan fingerprint density at radius 3 is 1.87 bits per heavy atom. The lowest BCUT2D eigenvalue weighted by Gasteiger charge is -2.34. The van der Waals surface area contributed by atoms with Crippen LogP contribution in [0.4, 0.5) is 0 Å². The molecule has 2 aromatic rings. The van der Waals surface area contributed by atoms with E-state index in [4.69, 9.17) is 8.92 Å². The van der Waals surface area contributed by atoms with E-state index in [1.54, 1.807) is 0 Å². The molecule has 0 saturated carbocycles. The van der Waals surface area contributed by atoms with Crippen LogP contribution in [0.25, 0.3) is 0 Å². The summed E-state index contributed by atoms with van der Waals surface area (Å²) < 4.78 is 11.1. The van der Waals surface area contributed by atoms with E-state index >= 15 is 0 Å². The van der Waals surface area contributed by atoms with E-state index in [9.17, 15) is 4.79 Å². The number of rotatable bonds is 8. The van der Waals surface area contributed by atoms with Crippen molar-refractivity contribution in [1.82, 2.24) is 0 Å². The van der Waals surface area contributed by atoms with Crippen LogP contribution in [-0.2, 0) is 10.2 Å². The Labute approximate surface area is 187 Å². The number of Topliss-reactive ketones (excluding diaryl/α,β-unsaturated/α-hetero) is 1. The van der Waals surface area contributed by atoms with Crippen molar-refractivity contribution in [3.8, 4) is 11.5 Å². The van der Waals surface area contributed by atoms with Gasteiger partial charge in [0.05, 0.1) is 0 Å². The van der Waals surface area contributed by atoms with Crippen LogP contribution in [0.1, 0.15) is 75.3 Å². The highest BCUT2D eigenvalue weighted by atomic mass is 32.1. The summed E-state index contributed by atoms with van der Waals surface area (Å²) in [7, 11) is 0. The van der Waals surface area contributed by atoms with Gasteiger partial charge in [0.15, 0.2) is 5.78 Å². The standard InChI is InChI=1S/C26H36O3S/c1-9-26(10-2,21-14-18(4)24(29-30)19(5)15-21)20-11-12-22(17(3)13-20)28-16-23(27)25(6,7)8/h11-15,30H,9-10,16H2,1-8H3. The van der Waals surface area contributed by atoms with Crippen LogP contribution < -0.4 is 8.92 Å². The summed E-state index contributed by atoms with van der Waals surface area (Å²) in [4.78, 5) is 12.2. The van der Waals surface area contributed by atoms with Crippen molar-refractivity contribution in [1.29, 1.82) is 0 Å². The first-order valence-corrected chi connectivity index (χ1v) is 11.1. The van der Waals surface area contributed by atoms with Gasteiger partial charge >= 0.3 is 0 Å². The molecule has 0 aliphatic heterocycles. The van der Waals surface area contributed by atoms with Crippen LogP contribution >= 0.6 is 12.9 Å². The Morgan fingerprint density at radius 2 is 1.43 bits per heavy atom. The average molecular weight is 429 g/mol. The fraction of sp³-hybridized carbons (Fsp3) is 0.500. The minimum atomic E-state index is -0.397. The molecule has 3 nitrogen and oxygen atoms in total. The first-order valence-electron chi connectivity index (χ1n) is 10.7. The molecule has 0 spiro atoms. The number of ether oxygens (including phenoxy) is 1. The van der Waals surface area contributed by atoms with E-state index in [-0.39, 0.29) is 17.8 Å². The molecule has 0 saturated heterocycles. The molecule has 0 fully saturated rings. The molecule has 0 radical (unpaired) electrons. The van der Waals surface area contributed by atoms with Gasteiger partial charge in [-0.25, -0.2) is 0 Å². The van der Waals surface area contributed by atoms with Crippen molar-refractivity contribution in [3.63, 3.8) is 0 Å². The van der Waals surface area contributed by atoms with Crippen LogP contribution in [0.15, 0.2) is 30.3 Å². The fourth-order valence-electron chi connectivity index (χ4n) is 4.07. The topological polar surface area (TPSA) is 35.5 Å². The van der Waals surface area contributed by atoms with Gasteiger partial charge in [-0.15, -0.1) is 0 Å². The lowest BCUT2D eigenvalue weighted by Crippen LogP contribution is -2.27. The van der Waals surface area contributed by atoms with Gasteiger partial charge in [-0.3, -0.25) is 4.79 Å². The Kier molecular flexibility index (Phi) is 7.68. The minimum absolute atomic E-state index is 0.0971. The maximum atomic E-state index is 12.2. The molecule has 164 valence electrons. The first-order chi connectivity index (χ1) is 14.0. The van der Waals surface area contributed by atoms with Gasteiger partial charge in [0.2, 0.25) is 0 Å². The lowest BCUT2D eigenvalue weighted by molar-refractivity contribution is -0.128. The average Bonchev–Trinajstić information content (AvgIpc) is 2.67. The van der Waals surface area contributed by atoms with E-state index in [1.165, 1.54) is 11.1 Å². The molecular formula is C26H36O3S. The Bertz CT molecular complexity index is 882. The molecule has 0 aliphatic carbocycles. The summed E-state index contributed by atoms with van der Waals surface area (Å²) >= 11 is 4.01. The summed E-state index contributed by atoms with van der Waals surface area (Å²) in [6, 6.07) is 10.8. The molecule has 0 amide bonds. The smallest absolute Gasteiger partial charge is 0.175 e. The van der Waals surface area contributed by atoms with Crippen molar-refractivity contribution in [2.45, 2.75) is 73.6 Å². The van der Waals surface area contributed by atoms with Crippen molar-refractivity contribution in [2.24, 2.45) is 5.41 Å². The van der Waals surface area contributed by atoms with Gasteiger partial charge in [-0.2, -0.15) is 0 Å². The monoisotopic (exact) mass is 428 g/mol. The Hall–Kier alpha value is -1.94. The maximum Gasteiger partial charge on any atom is 0.175 e. The third kappa shape index (κ3) is 4.85. The largest absolute Gasteiger partial charge is 0.486 e. The summed E-state index contributed by atoms with van der Waals surface area (Å²) in [6.45, 7) is 16.5. The number of carbonyl (C=O) groups excluding carboxylic acids is 1. The van der Waals surface area contributed by atoms with Crippen molar-refractivity contribution < 1.29 is 13.7 Å². The zero-order valence-corrected chi connectivity index (χ0v) is 20.6. The second-order valence-corrected chi connectivity index (χ2v) is 9.44. The highest BCUT2D eigenvalue weighted by Crippen LogP contribution is 2.42. The molecule has 0 atom stereocenters. The molecule has 0 unspecified atom stereocenters. The third-order valence-corrected chi connectivity index (χ3v) is 6.42. The Balaban J connectivity index is 2.44. The molecule has 0 bridgehead atoms. The second kappa shape index (κ2) is 9.47. The van der Waals surface area contributed by atoms with Crippen LogP contribution in [-0.4, -0.2) is 12.4 Å². The first kappa shape index (κ1) is 24.3. The molecule has 2 rings (SSSR count). The lowest BCUT2D eigenvalue weighted by atomic mass is 9.69. The van der Waals surface area contributed by atoms with E-state index in [2.05, 4.69) is 64.9 Å². The van der Waals surface area contributed by atoms with E-state index < -0.39 is 5.41 Å². The predicted octanol–water partition coefficient (Wildman–Crippen LogP) is 6.94. The second-order valence-electron chi connectivity index (χ2n) is 9.26. The number of aryl methyl sites for hydroxylation is 3. The van der Waals surface area contributed by atoms with Crippen LogP contribution in [0.2, 0.25) is 0 Å². The summed E-state index contributed by atoms with van der Waals surface area (Å²) in [5.41, 5.74) is 5.27. The quantitative estimate of drug-likeness (QED) is 0.365. The van der Waals surface area contributed by atoms with Crippen LogP contribution in [0.3, 0.4) is 0 Å². The fourth-order valence-corrected chi connectivity index (χ4v) is 4.36. The molecule has 0 heterocycles. The van der Waals surface area contributed by atoms with E-state index in [1.807, 2.05) is 33.8 Å². The normalized spacial score (nSPS) is 12.0. The molecule has 30 heavy (non-hydrogen) atoms. The molecule has 2 aromatic carbocycles. The number of hydrogen-bond acceptors (Lipinski definition) is 4. The highest BCUT2D eigenvalue weighted by molar-refractivity contribution is 7.75. The van der Waals surface area contributed by atoms with Crippen molar-refractivity contribution in [2.75, 3.05) is 6.61 Å². The predicted molar refractivity (Wildman–Crippen MR) is 128 cm³/mol. The number of ketones is 1. The van der Waals surface area contributed by atoms with E-state index in [0.29, 0.717) is 0 Å². The number of hydrogen-bond donors (Lipinski definition) is 1. The van der Waals surface area contributed by atoms with Gasteiger partial charge in [0.25, 0.3) is 0 Å². The molecular weight excluding hydrogens is 392 g/mol. The minimum Gasteiger partial charge on any atom is -0.486 e. The summed E-state index contributed by atoms with van der Waals surface area (Å²) in [6.07, 6.45) is 1.96. The van der Waals surface area contributed by atoms with Gasteiger partial charge in [-0.05, 0) is 67.5 Å². The van der Waals surface area contributed by atoms with Crippen molar-refractivity contribution in [3.05, 3.63) is 58.1 Å². The number of thiol groups is 1. The van der Waals surface area contributed by atoms with E-state index in [0.717, 1.165) is 41.0 Å². The van der Waals surface area contributed by atoms with Gasteiger partial charge < -0.3 is 8.92 Å². The van der Waals surface area contributed by atoms with Gasteiger partial charge in [-0.1, -0.05) is 58.9 Å². The zero-order valence-electron chi connectivity index (χ0n) is 19.7. The van der Waals surface area contributed by atoms with Gasteiger partial charge in [0.1, 0.15) is 18.1 Å². The number of carbonyl (C=O) groups is 1.